The van der Waals surface area contributed by atoms with Crippen molar-refractivity contribution in [3.05, 3.63) is 41.7 Å². The molecule has 0 aliphatic carbocycles. The smallest absolute Gasteiger partial charge is 0.155 e. The number of thiol groups is 1. The lowest BCUT2D eigenvalue weighted by Gasteiger charge is -2.08. The summed E-state index contributed by atoms with van der Waals surface area (Å²) in [5.41, 5.74) is 4.10. The topological polar surface area (TPSA) is 53.6 Å². The van der Waals surface area contributed by atoms with Crippen molar-refractivity contribution in [3.8, 4) is 0 Å². The van der Waals surface area contributed by atoms with Crippen molar-refractivity contribution in [2.45, 2.75) is 18.7 Å². The number of aryl methyl sites for hydroxylation is 1. The maximum absolute atomic E-state index is 4.38. The molecule has 0 bridgehead atoms. The Morgan fingerprint density at radius 3 is 2.79 bits per heavy atom. The van der Waals surface area contributed by atoms with Crippen LogP contribution in [0.5, 0.6) is 0 Å². The van der Waals surface area contributed by atoms with Gasteiger partial charge in [-0.3, -0.25) is 10.1 Å². The van der Waals surface area contributed by atoms with E-state index in [2.05, 4.69) is 33.1 Å². The predicted octanol–water partition coefficient (Wildman–Crippen LogP) is 3.61. The fourth-order valence-electron chi connectivity index (χ4n) is 1.98. The standard InChI is InChI=1S/C14H14N4S/c1-8-9(2)17-18-14(8)16-13-5-6-15-12-4-3-10(19)7-11(12)13/h3-7,19H,1-2H3,(H2,15,16,17,18). The van der Waals surface area contributed by atoms with Crippen LogP contribution in [0.2, 0.25) is 0 Å². The van der Waals surface area contributed by atoms with Crippen LogP contribution >= 0.6 is 12.6 Å². The highest BCUT2D eigenvalue weighted by Gasteiger charge is 2.08. The van der Waals surface area contributed by atoms with Crippen LogP contribution in [0.25, 0.3) is 10.9 Å². The first-order valence-corrected chi connectivity index (χ1v) is 6.46. The molecule has 1 aromatic carbocycles. The van der Waals surface area contributed by atoms with Crippen LogP contribution in [0.3, 0.4) is 0 Å². The van der Waals surface area contributed by atoms with Gasteiger partial charge in [0.2, 0.25) is 0 Å². The highest BCUT2D eigenvalue weighted by molar-refractivity contribution is 7.80. The van der Waals surface area contributed by atoms with Gasteiger partial charge in [0, 0.05) is 27.7 Å². The van der Waals surface area contributed by atoms with Gasteiger partial charge in [0.15, 0.2) is 5.82 Å². The van der Waals surface area contributed by atoms with Gasteiger partial charge in [-0.25, -0.2) is 0 Å². The first-order valence-electron chi connectivity index (χ1n) is 6.01. The minimum atomic E-state index is 0.842. The normalized spacial score (nSPS) is 10.9. The highest BCUT2D eigenvalue weighted by atomic mass is 32.1. The maximum Gasteiger partial charge on any atom is 0.155 e. The van der Waals surface area contributed by atoms with Gasteiger partial charge in [-0.2, -0.15) is 5.10 Å². The minimum absolute atomic E-state index is 0.842. The third-order valence-corrected chi connectivity index (χ3v) is 3.51. The summed E-state index contributed by atoms with van der Waals surface area (Å²) >= 11 is 4.38. The number of pyridine rings is 1. The molecule has 2 aromatic heterocycles. The summed E-state index contributed by atoms with van der Waals surface area (Å²) < 4.78 is 0. The number of rotatable bonds is 2. The van der Waals surface area contributed by atoms with Crippen molar-refractivity contribution >= 4 is 35.0 Å². The molecule has 5 heteroatoms. The number of nitrogens with zero attached hydrogens (tertiary/aromatic N) is 2. The van der Waals surface area contributed by atoms with Crippen molar-refractivity contribution in [1.82, 2.24) is 15.2 Å². The van der Waals surface area contributed by atoms with Gasteiger partial charge in [0.1, 0.15) is 0 Å². The maximum atomic E-state index is 4.38. The molecule has 3 aromatic rings. The van der Waals surface area contributed by atoms with E-state index in [0.717, 1.165) is 38.6 Å². The van der Waals surface area contributed by atoms with Crippen LogP contribution in [0.4, 0.5) is 11.5 Å². The van der Waals surface area contributed by atoms with Gasteiger partial charge in [-0.1, -0.05) is 0 Å². The Balaban J connectivity index is 2.10. The van der Waals surface area contributed by atoms with Crippen LogP contribution < -0.4 is 5.32 Å². The molecule has 0 unspecified atom stereocenters. The first kappa shape index (κ1) is 12.0. The third-order valence-electron chi connectivity index (χ3n) is 3.23. The molecule has 0 aliphatic heterocycles. The Hall–Kier alpha value is -2.01. The van der Waals surface area contributed by atoms with Crippen LogP contribution in [0, 0.1) is 13.8 Å². The molecule has 3 rings (SSSR count). The fraction of sp³-hybridized carbons (Fsp3) is 0.143. The molecular weight excluding hydrogens is 256 g/mol. The number of hydrogen-bond donors (Lipinski definition) is 3. The number of aromatic nitrogens is 3. The van der Waals surface area contributed by atoms with E-state index in [-0.39, 0.29) is 0 Å². The van der Waals surface area contributed by atoms with E-state index >= 15 is 0 Å². The molecule has 4 nitrogen and oxygen atoms in total. The zero-order chi connectivity index (χ0) is 13.4. The summed E-state index contributed by atoms with van der Waals surface area (Å²) in [6.07, 6.45) is 1.79. The molecule has 0 saturated carbocycles. The summed E-state index contributed by atoms with van der Waals surface area (Å²) in [5.74, 6) is 0.842. The van der Waals surface area contributed by atoms with Crippen molar-refractivity contribution in [3.63, 3.8) is 0 Å². The highest BCUT2D eigenvalue weighted by Crippen LogP contribution is 2.27. The van der Waals surface area contributed by atoms with Gasteiger partial charge < -0.3 is 5.32 Å². The van der Waals surface area contributed by atoms with Crippen LogP contribution in [-0.4, -0.2) is 15.2 Å². The first-order chi connectivity index (χ1) is 9.15. The quantitative estimate of drug-likeness (QED) is 0.624. The summed E-state index contributed by atoms with van der Waals surface area (Å²) in [6.45, 7) is 4.04. The second kappa shape index (κ2) is 4.59. The lowest BCUT2D eigenvalue weighted by Crippen LogP contribution is -1.94. The van der Waals surface area contributed by atoms with Gasteiger partial charge in [0.25, 0.3) is 0 Å². The number of benzene rings is 1. The van der Waals surface area contributed by atoms with Crippen molar-refractivity contribution in [1.29, 1.82) is 0 Å². The van der Waals surface area contributed by atoms with E-state index in [1.807, 2.05) is 38.1 Å². The summed E-state index contributed by atoms with van der Waals surface area (Å²) in [7, 11) is 0. The van der Waals surface area contributed by atoms with Gasteiger partial charge in [-0.05, 0) is 38.1 Å². The Kier molecular flexibility index (Phi) is 2.91. The molecule has 0 amide bonds. The molecule has 2 heterocycles. The number of fused-ring (bicyclic) bond motifs is 1. The minimum Gasteiger partial charge on any atom is -0.338 e. The van der Waals surface area contributed by atoms with E-state index in [1.165, 1.54) is 0 Å². The second-order valence-electron chi connectivity index (χ2n) is 4.51. The predicted molar refractivity (Wildman–Crippen MR) is 80.3 cm³/mol. The largest absolute Gasteiger partial charge is 0.338 e. The monoisotopic (exact) mass is 270 g/mol. The lowest BCUT2D eigenvalue weighted by atomic mass is 10.2. The zero-order valence-corrected chi connectivity index (χ0v) is 11.6. The summed E-state index contributed by atoms with van der Waals surface area (Å²) in [4.78, 5) is 5.27. The molecule has 0 radical (unpaired) electrons. The Morgan fingerprint density at radius 2 is 2.05 bits per heavy atom. The van der Waals surface area contributed by atoms with E-state index < -0.39 is 0 Å². The molecule has 0 saturated heterocycles. The van der Waals surface area contributed by atoms with Gasteiger partial charge in [0.05, 0.1) is 11.2 Å². The van der Waals surface area contributed by atoms with Crippen molar-refractivity contribution in [2.75, 3.05) is 5.32 Å². The number of anilines is 2. The Labute approximate surface area is 116 Å². The van der Waals surface area contributed by atoms with Crippen LogP contribution in [-0.2, 0) is 0 Å². The van der Waals surface area contributed by atoms with E-state index in [0.29, 0.717) is 0 Å². The molecular formula is C14H14N4S. The molecule has 96 valence electrons. The number of aromatic amines is 1. The van der Waals surface area contributed by atoms with E-state index in [4.69, 9.17) is 0 Å². The third kappa shape index (κ3) is 2.17. The lowest BCUT2D eigenvalue weighted by molar-refractivity contribution is 1.05. The molecule has 0 spiro atoms. The second-order valence-corrected chi connectivity index (χ2v) is 5.02. The zero-order valence-electron chi connectivity index (χ0n) is 10.7. The summed E-state index contributed by atoms with van der Waals surface area (Å²) in [6, 6.07) is 7.85. The molecule has 19 heavy (non-hydrogen) atoms. The number of nitrogens with one attached hydrogen (secondary N) is 2. The molecule has 0 atom stereocenters. The van der Waals surface area contributed by atoms with E-state index in [1.54, 1.807) is 6.20 Å². The average molecular weight is 270 g/mol. The van der Waals surface area contributed by atoms with E-state index in [9.17, 15) is 0 Å². The van der Waals surface area contributed by atoms with Gasteiger partial charge >= 0.3 is 0 Å². The van der Waals surface area contributed by atoms with Gasteiger partial charge in [-0.15, -0.1) is 12.6 Å². The molecule has 0 aliphatic rings. The summed E-state index contributed by atoms with van der Waals surface area (Å²) in [5, 5.41) is 11.6. The Bertz CT molecular complexity index is 748. The number of hydrogen-bond acceptors (Lipinski definition) is 4. The fourth-order valence-corrected chi connectivity index (χ4v) is 2.18. The Morgan fingerprint density at radius 1 is 1.21 bits per heavy atom. The molecule has 2 N–H and O–H groups in total. The van der Waals surface area contributed by atoms with Crippen molar-refractivity contribution < 1.29 is 0 Å². The van der Waals surface area contributed by atoms with Crippen LogP contribution in [0.1, 0.15) is 11.3 Å². The van der Waals surface area contributed by atoms with Crippen LogP contribution in [0.15, 0.2) is 35.4 Å². The van der Waals surface area contributed by atoms with Crippen molar-refractivity contribution in [2.24, 2.45) is 0 Å². The average Bonchev–Trinajstić information content (AvgIpc) is 2.71. The number of H-pyrrole nitrogens is 1. The molecule has 0 fully saturated rings. The SMILES string of the molecule is Cc1[nH]nc(Nc2ccnc3ccc(S)cc23)c1C.